The predicted octanol–water partition coefficient (Wildman–Crippen LogP) is 1.38. The van der Waals surface area contributed by atoms with E-state index < -0.39 is 0 Å². The van der Waals surface area contributed by atoms with Gasteiger partial charge in [0, 0.05) is 30.6 Å². The maximum Gasteiger partial charge on any atom is 0.306 e. The molecule has 1 unspecified atom stereocenters. The van der Waals surface area contributed by atoms with Crippen molar-refractivity contribution >= 4 is 17.7 Å². The smallest absolute Gasteiger partial charge is 0.306 e. The third-order valence-corrected chi connectivity index (χ3v) is 3.91. The second-order valence-corrected chi connectivity index (χ2v) is 4.94. The van der Waals surface area contributed by atoms with Gasteiger partial charge in [-0.25, -0.2) is 0 Å². The largest absolute Gasteiger partial charge is 0.469 e. The summed E-state index contributed by atoms with van der Waals surface area (Å²) in [6, 6.07) is 0. The van der Waals surface area contributed by atoms with Crippen LogP contribution in [0, 0.1) is 0 Å². The van der Waals surface area contributed by atoms with E-state index in [1.807, 2.05) is 11.8 Å². The molecule has 0 spiro atoms. The minimum absolute atomic E-state index is 0.101. The summed E-state index contributed by atoms with van der Waals surface area (Å²) in [5.74, 6) is 1.09. The minimum atomic E-state index is -0.101. The molecule has 0 aromatic carbocycles. The van der Waals surface area contributed by atoms with Crippen LogP contribution in [0.15, 0.2) is 0 Å². The molecular formula is C10H19NO2S. The van der Waals surface area contributed by atoms with Crippen LogP contribution in [0.25, 0.3) is 0 Å². The van der Waals surface area contributed by atoms with Crippen LogP contribution in [0.3, 0.4) is 0 Å². The number of nitrogens with zero attached hydrogens (tertiary/aromatic N) is 1. The van der Waals surface area contributed by atoms with Gasteiger partial charge in [-0.2, -0.15) is 11.8 Å². The Morgan fingerprint density at radius 1 is 1.64 bits per heavy atom. The predicted molar refractivity (Wildman–Crippen MR) is 59.6 cm³/mol. The quantitative estimate of drug-likeness (QED) is 0.665. The van der Waals surface area contributed by atoms with E-state index in [9.17, 15) is 4.79 Å². The number of carbonyl (C=O) groups excluding carboxylic acids is 1. The number of carbonyl (C=O) groups is 1. The number of rotatable bonds is 4. The zero-order chi connectivity index (χ0) is 10.4. The first-order valence-corrected chi connectivity index (χ1v) is 6.22. The normalized spacial score (nSPS) is 23.4. The van der Waals surface area contributed by atoms with Crippen molar-refractivity contribution in [2.24, 2.45) is 0 Å². The average Bonchev–Trinajstić information content (AvgIpc) is 2.26. The van der Waals surface area contributed by atoms with Gasteiger partial charge in [-0.05, 0) is 6.42 Å². The van der Waals surface area contributed by atoms with E-state index in [4.69, 9.17) is 0 Å². The Labute approximate surface area is 90.2 Å². The van der Waals surface area contributed by atoms with Gasteiger partial charge < -0.3 is 9.64 Å². The highest BCUT2D eigenvalue weighted by atomic mass is 32.2. The van der Waals surface area contributed by atoms with Crippen molar-refractivity contribution in [3.63, 3.8) is 0 Å². The molecule has 0 radical (unpaired) electrons. The summed E-state index contributed by atoms with van der Waals surface area (Å²) in [5, 5.41) is 0.751. The Bertz CT molecular complexity index is 187. The van der Waals surface area contributed by atoms with Crippen LogP contribution in [-0.2, 0) is 9.53 Å². The second kappa shape index (κ2) is 6.30. The lowest BCUT2D eigenvalue weighted by atomic mass is 10.3. The van der Waals surface area contributed by atoms with E-state index in [-0.39, 0.29) is 5.97 Å². The monoisotopic (exact) mass is 217 g/mol. The van der Waals surface area contributed by atoms with Gasteiger partial charge in [-0.3, -0.25) is 4.79 Å². The van der Waals surface area contributed by atoms with Gasteiger partial charge in [0.25, 0.3) is 0 Å². The van der Waals surface area contributed by atoms with Crippen molar-refractivity contribution in [1.29, 1.82) is 0 Å². The SMILES string of the molecule is CCC1CN(CCC(=O)OC)CCS1. The van der Waals surface area contributed by atoms with Gasteiger partial charge in [-0.15, -0.1) is 0 Å². The molecule has 1 rings (SSSR count). The van der Waals surface area contributed by atoms with Gasteiger partial charge >= 0.3 is 5.97 Å². The second-order valence-electron chi connectivity index (χ2n) is 3.53. The molecule has 0 aliphatic carbocycles. The zero-order valence-electron chi connectivity index (χ0n) is 8.99. The van der Waals surface area contributed by atoms with Gasteiger partial charge in [0.15, 0.2) is 0 Å². The van der Waals surface area contributed by atoms with Gasteiger partial charge in [0.1, 0.15) is 0 Å². The fourth-order valence-corrected chi connectivity index (χ4v) is 2.83. The Kier molecular flexibility index (Phi) is 5.33. The topological polar surface area (TPSA) is 29.5 Å². The van der Waals surface area contributed by atoms with Crippen LogP contribution < -0.4 is 0 Å². The molecule has 0 aromatic rings. The summed E-state index contributed by atoms with van der Waals surface area (Å²) in [5.41, 5.74) is 0. The summed E-state index contributed by atoms with van der Waals surface area (Å²) in [6.07, 6.45) is 1.75. The van der Waals surface area contributed by atoms with Gasteiger partial charge in [-0.1, -0.05) is 6.92 Å². The Balaban J connectivity index is 2.20. The van der Waals surface area contributed by atoms with Crippen LogP contribution in [-0.4, -0.2) is 48.6 Å². The number of hydrogen-bond acceptors (Lipinski definition) is 4. The number of thioether (sulfide) groups is 1. The molecule has 0 N–H and O–H groups in total. The van der Waals surface area contributed by atoms with Crippen molar-refractivity contribution in [3.05, 3.63) is 0 Å². The van der Waals surface area contributed by atoms with E-state index >= 15 is 0 Å². The molecule has 1 aliphatic rings. The molecule has 1 atom stereocenters. The van der Waals surface area contributed by atoms with Crippen LogP contribution in [0.1, 0.15) is 19.8 Å². The maximum atomic E-state index is 11.0. The Morgan fingerprint density at radius 3 is 3.07 bits per heavy atom. The molecule has 3 nitrogen and oxygen atoms in total. The average molecular weight is 217 g/mol. The highest BCUT2D eigenvalue weighted by molar-refractivity contribution is 8.00. The molecule has 0 bridgehead atoms. The molecule has 1 heterocycles. The third kappa shape index (κ3) is 3.88. The summed E-state index contributed by atoms with van der Waals surface area (Å²) >= 11 is 2.05. The minimum Gasteiger partial charge on any atom is -0.469 e. The van der Waals surface area contributed by atoms with Crippen molar-refractivity contribution < 1.29 is 9.53 Å². The van der Waals surface area contributed by atoms with Crippen LogP contribution in [0.4, 0.5) is 0 Å². The summed E-state index contributed by atoms with van der Waals surface area (Å²) in [7, 11) is 1.45. The molecular weight excluding hydrogens is 198 g/mol. The molecule has 1 fully saturated rings. The number of ether oxygens (including phenoxy) is 1. The van der Waals surface area contributed by atoms with E-state index in [0.717, 1.165) is 24.9 Å². The molecule has 1 aliphatic heterocycles. The van der Waals surface area contributed by atoms with Crippen LogP contribution >= 0.6 is 11.8 Å². The molecule has 4 heteroatoms. The zero-order valence-corrected chi connectivity index (χ0v) is 9.81. The molecule has 1 saturated heterocycles. The van der Waals surface area contributed by atoms with Crippen LogP contribution in [0.5, 0.6) is 0 Å². The van der Waals surface area contributed by atoms with Crippen molar-refractivity contribution in [2.75, 3.05) is 32.5 Å². The lowest BCUT2D eigenvalue weighted by molar-refractivity contribution is -0.140. The highest BCUT2D eigenvalue weighted by Gasteiger charge is 2.19. The van der Waals surface area contributed by atoms with Crippen molar-refractivity contribution in [3.8, 4) is 0 Å². The first-order valence-electron chi connectivity index (χ1n) is 5.17. The molecule has 0 amide bonds. The summed E-state index contributed by atoms with van der Waals surface area (Å²) in [4.78, 5) is 13.3. The fourth-order valence-electron chi connectivity index (χ4n) is 1.58. The summed E-state index contributed by atoms with van der Waals surface area (Å²) < 4.78 is 4.62. The molecule has 14 heavy (non-hydrogen) atoms. The first-order chi connectivity index (χ1) is 6.76. The number of methoxy groups -OCH3 is 1. The van der Waals surface area contributed by atoms with Crippen molar-refractivity contribution in [2.45, 2.75) is 25.0 Å². The molecule has 82 valence electrons. The third-order valence-electron chi connectivity index (χ3n) is 2.54. The van der Waals surface area contributed by atoms with Crippen molar-refractivity contribution in [1.82, 2.24) is 4.90 Å². The maximum absolute atomic E-state index is 11.0. The lowest BCUT2D eigenvalue weighted by Gasteiger charge is -2.31. The van der Waals surface area contributed by atoms with Crippen LogP contribution in [0.2, 0.25) is 0 Å². The highest BCUT2D eigenvalue weighted by Crippen LogP contribution is 2.20. The van der Waals surface area contributed by atoms with E-state index in [1.54, 1.807) is 0 Å². The van der Waals surface area contributed by atoms with Gasteiger partial charge in [0.05, 0.1) is 13.5 Å². The Hall–Kier alpha value is -0.220. The van der Waals surface area contributed by atoms with E-state index in [2.05, 4.69) is 16.6 Å². The van der Waals surface area contributed by atoms with E-state index in [1.165, 1.54) is 19.3 Å². The Morgan fingerprint density at radius 2 is 2.43 bits per heavy atom. The molecule has 0 saturated carbocycles. The first kappa shape index (κ1) is 11.9. The number of esters is 1. The van der Waals surface area contributed by atoms with E-state index in [0.29, 0.717) is 6.42 Å². The molecule has 0 aromatic heterocycles. The number of hydrogen-bond donors (Lipinski definition) is 0. The van der Waals surface area contributed by atoms with Gasteiger partial charge in [0.2, 0.25) is 0 Å². The fraction of sp³-hybridized carbons (Fsp3) is 0.900. The standard InChI is InChI=1S/C10H19NO2S/c1-3-9-8-11(6-7-14-9)5-4-10(12)13-2/h9H,3-8H2,1-2H3. The summed E-state index contributed by atoms with van der Waals surface area (Å²) in [6.45, 7) is 5.31. The lowest BCUT2D eigenvalue weighted by Crippen LogP contribution is -2.38.